The predicted octanol–water partition coefficient (Wildman–Crippen LogP) is 5.61. The number of benzene rings is 2. The molecule has 6 heteroatoms. The number of hydrogen-bond acceptors (Lipinski definition) is 4. The summed E-state index contributed by atoms with van der Waals surface area (Å²) in [4.78, 5) is 33.0. The average Bonchev–Trinajstić information content (AvgIpc) is 3.62. The van der Waals surface area contributed by atoms with Crippen molar-refractivity contribution in [2.24, 2.45) is 0 Å². The Morgan fingerprint density at radius 2 is 1.78 bits per heavy atom. The molecule has 188 valence electrons. The quantitative estimate of drug-likeness (QED) is 0.388. The molecule has 2 atom stereocenters. The summed E-state index contributed by atoms with van der Waals surface area (Å²) in [5.41, 5.74) is 2.83. The zero-order valence-electron chi connectivity index (χ0n) is 20.9. The van der Waals surface area contributed by atoms with E-state index in [1.165, 1.54) is 5.56 Å². The molecule has 2 amide bonds. The number of amides is 2. The molecular formula is C30H35N3O2S. The summed E-state index contributed by atoms with van der Waals surface area (Å²) in [5.74, 6) is -0.315. The molecular weight excluding hydrogens is 466 g/mol. The Kier molecular flexibility index (Phi) is 7.83. The molecule has 1 aliphatic carbocycles. The van der Waals surface area contributed by atoms with E-state index in [1.807, 2.05) is 41.8 Å². The second-order valence-corrected chi connectivity index (χ2v) is 11.0. The van der Waals surface area contributed by atoms with Crippen LogP contribution in [0.4, 0.5) is 0 Å². The van der Waals surface area contributed by atoms with Gasteiger partial charge >= 0.3 is 0 Å². The van der Waals surface area contributed by atoms with Crippen LogP contribution in [-0.4, -0.2) is 47.8 Å². The number of rotatable bonds is 9. The first-order valence-electron chi connectivity index (χ1n) is 13.1. The van der Waals surface area contributed by atoms with Crippen molar-refractivity contribution in [3.05, 3.63) is 93.7 Å². The Hall–Kier alpha value is -2.96. The minimum absolute atomic E-state index is 0.0158. The summed E-state index contributed by atoms with van der Waals surface area (Å²) in [5, 5.41) is 5.28. The molecule has 1 aliphatic heterocycles. The molecule has 36 heavy (non-hydrogen) atoms. The number of nitrogens with zero attached hydrogens (tertiary/aromatic N) is 2. The number of carbonyl (C=O) groups excluding carboxylic acids is 2. The molecule has 0 radical (unpaired) electrons. The van der Waals surface area contributed by atoms with Gasteiger partial charge in [0.15, 0.2) is 0 Å². The standard InChI is InChI=1S/C30H35N3O2S/c1-32(21-22-11-3-2-4-12-22)19-10-18-31-29(34)27-24-15-7-8-16-25(24)30(35)33(23-13-5-6-14-23)28(27)26-17-9-20-36-26/h2-4,7-9,11-12,15-17,20,23,27-28H,5-6,10,13-14,18-19,21H2,1H3,(H,31,34)/t27-,28+/m0/s1. The van der Waals surface area contributed by atoms with Crippen molar-refractivity contribution in [2.75, 3.05) is 20.1 Å². The first-order valence-corrected chi connectivity index (χ1v) is 14.0. The highest BCUT2D eigenvalue weighted by Crippen LogP contribution is 2.47. The summed E-state index contributed by atoms with van der Waals surface area (Å²) in [6.07, 6.45) is 5.18. The van der Waals surface area contributed by atoms with Crippen LogP contribution in [0.3, 0.4) is 0 Å². The Labute approximate surface area is 218 Å². The van der Waals surface area contributed by atoms with Gasteiger partial charge in [0.05, 0.1) is 12.0 Å². The van der Waals surface area contributed by atoms with Crippen molar-refractivity contribution in [1.29, 1.82) is 0 Å². The Bertz CT molecular complexity index is 1160. The summed E-state index contributed by atoms with van der Waals surface area (Å²) < 4.78 is 0. The second-order valence-electron chi connectivity index (χ2n) is 10.0. The van der Waals surface area contributed by atoms with E-state index in [0.29, 0.717) is 12.1 Å². The van der Waals surface area contributed by atoms with Gasteiger partial charge in [0.2, 0.25) is 5.91 Å². The molecule has 0 bridgehead atoms. The van der Waals surface area contributed by atoms with E-state index in [-0.39, 0.29) is 23.9 Å². The van der Waals surface area contributed by atoms with Crippen molar-refractivity contribution in [1.82, 2.24) is 15.1 Å². The van der Waals surface area contributed by atoms with Gasteiger partial charge in [-0.05, 0) is 61.5 Å². The molecule has 1 aromatic heterocycles. The maximum atomic E-state index is 13.8. The summed E-state index contributed by atoms with van der Waals surface area (Å²) in [7, 11) is 2.12. The summed E-state index contributed by atoms with van der Waals surface area (Å²) >= 11 is 1.64. The normalized spacial score (nSPS) is 20.1. The molecule has 1 N–H and O–H groups in total. The largest absolute Gasteiger partial charge is 0.355 e. The number of thiophene rings is 1. The van der Waals surface area contributed by atoms with Crippen LogP contribution >= 0.6 is 11.3 Å². The molecule has 2 aromatic carbocycles. The molecule has 5 nitrogen and oxygen atoms in total. The van der Waals surface area contributed by atoms with Gasteiger partial charge in [-0.2, -0.15) is 0 Å². The Balaban J connectivity index is 1.32. The van der Waals surface area contributed by atoms with Crippen LogP contribution in [0.5, 0.6) is 0 Å². The highest BCUT2D eigenvalue weighted by Gasteiger charge is 2.47. The van der Waals surface area contributed by atoms with E-state index in [2.05, 4.69) is 52.5 Å². The Morgan fingerprint density at radius 1 is 1.03 bits per heavy atom. The van der Waals surface area contributed by atoms with Gasteiger partial charge < -0.3 is 15.1 Å². The highest BCUT2D eigenvalue weighted by atomic mass is 32.1. The third kappa shape index (κ3) is 5.25. The van der Waals surface area contributed by atoms with E-state index < -0.39 is 5.92 Å². The topological polar surface area (TPSA) is 52.7 Å². The van der Waals surface area contributed by atoms with E-state index in [1.54, 1.807) is 11.3 Å². The zero-order valence-corrected chi connectivity index (χ0v) is 21.8. The van der Waals surface area contributed by atoms with Crippen molar-refractivity contribution in [3.8, 4) is 0 Å². The van der Waals surface area contributed by atoms with E-state index in [4.69, 9.17) is 0 Å². The number of nitrogens with one attached hydrogen (secondary N) is 1. The molecule has 0 unspecified atom stereocenters. The first-order chi connectivity index (χ1) is 17.6. The fraction of sp³-hybridized carbons (Fsp3) is 0.400. The third-order valence-electron chi connectivity index (χ3n) is 7.52. The van der Waals surface area contributed by atoms with Crippen LogP contribution in [0, 0.1) is 0 Å². The lowest BCUT2D eigenvalue weighted by molar-refractivity contribution is -0.124. The summed E-state index contributed by atoms with van der Waals surface area (Å²) in [6.45, 7) is 2.41. The minimum Gasteiger partial charge on any atom is -0.355 e. The molecule has 0 saturated heterocycles. The Morgan fingerprint density at radius 3 is 2.53 bits per heavy atom. The zero-order chi connectivity index (χ0) is 24.9. The van der Waals surface area contributed by atoms with Gasteiger partial charge in [0.25, 0.3) is 5.91 Å². The third-order valence-corrected chi connectivity index (χ3v) is 8.47. The lowest BCUT2D eigenvalue weighted by atomic mass is 9.80. The monoisotopic (exact) mass is 501 g/mol. The number of fused-ring (bicyclic) bond motifs is 1. The molecule has 1 fully saturated rings. The average molecular weight is 502 g/mol. The van der Waals surface area contributed by atoms with E-state index >= 15 is 0 Å². The van der Waals surface area contributed by atoms with Gasteiger partial charge in [0.1, 0.15) is 0 Å². The van der Waals surface area contributed by atoms with Crippen LogP contribution in [0.2, 0.25) is 0 Å². The van der Waals surface area contributed by atoms with Crippen LogP contribution < -0.4 is 5.32 Å². The fourth-order valence-corrected chi connectivity index (χ4v) is 6.69. The number of hydrogen-bond donors (Lipinski definition) is 1. The summed E-state index contributed by atoms with van der Waals surface area (Å²) in [6, 6.07) is 22.2. The minimum atomic E-state index is -0.403. The van der Waals surface area contributed by atoms with Gasteiger partial charge in [-0.1, -0.05) is 67.4 Å². The van der Waals surface area contributed by atoms with Gasteiger partial charge in [0, 0.05) is 29.6 Å². The maximum absolute atomic E-state index is 13.8. The second kappa shape index (κ2) is 11.4. The first kappa shape index (κ1) is 24.7. The van der Waals surface area contributed by atoms with Crippen LogP contribution in [0.1, 0.15) is 70.4 Å². The van der Waals surface area contributed by atoms with Crippen molar-refractivity contribution >= 4 is 23.2 Å². The van der Waals surface area contributed by atoms with Crippen molar-refractivity contribution in [3.63, 3.8) is 0 Å². The molecule has 2 aliphatic rings. The molecule has 3 aromatic rings. The van der Waals surface area contributed by atoms with Crippen LogP contribution in [0.15, 0.2) is 72.1 Å². The van der Waals surface area contributed by atoms with Gasteiger partial charge in [-0.3, -0.25) is 9.59 Å². The maximum Gasteiger partial charge on any atom is 0.254 e. The molecule has 5 rings (SSSR count). The highest BCUT2D eigenvalue weighted by molar-refractivity contribution is 7.10. The molecule has 2 heterocycles. The SMILES string of the molecule is CN(CCCNC(=O)[C@H]1c2ccccc2C(=O)N(C2CCCC2)[C@@H]1c1cccs1)Cc1ccccc1. The van der Waals surface area contributed by atoms with Crippen LogP contribution in [-0.2, 0) is 11.3 Å². The van der Waals surface area contributed by atoms with E-state index in [0.717, 1.165) is 55.6 Å². The fourth-order valence-electron chi connectivity index (χ4n) is 5.82. The van der Waals surface area contributed by atoms with E-state index in [9.17, 15) is 9.59 Å². The molecule has 1 saturated carbocycles. The van der Waals surface area contributed by atoms with Crippen LogP contribution in [0.25, 0.3) is 0 Å². The lowest BCUT2D eigenvalue weighted by Gasteiger charge is -2.44. The van der Waals surface area contributed by atoms with Gasteiger partial charge in [-0.25, -0.2) is 0 Å². The predicted molar refractivity (Wildman–Crippen MR) is 145 cm³/mol. The smallest absolute Gasteiger partial charge is 0.254 e. The molecule has 0 spiro atoms. The van der Waals surface area contributed by atoms with Gasteiger partial charge in [-0.15, -0.1) is 11.3 Å². The van der Waals surface area contributed by atoms with Crippen molar-refractivity contribution < 1.29 is 9.59 Å². The lowest BCUT2D eigenvalue weighted by Crippen LogP contribution is -2.50. The number of carbonyl (C=O) groups is 2. The van der Waals surface area contributed by atoms with Crippen molar-refractivity contribution in [2.45, 2.75) is 56.7 Å².